The molecule has 9 heteroatoms. The second-order valence-electron chi connectivity index (χ2n) is 9.70. The molecule has 4 rings (SSSR count). The highest BCUT2D eigenvalue weighted by Crippen LogP contribution is 2.46. The average molecular weight is 526 g/mol. The van der Waals surface area contributed by atoms with Gasteiger partial charge in [0.1, 0.15) is 5.75 Å². The molecular formula is C29H39N3O6. The van der Waals surface area contributed by atoms with E-state index in [9.17, 15) is 9.59 Å². The molecule has 2 atom stereocenters. The average Bonchev–Trinajstić information content (AvgIpc) is 3.48. The fourth-order valence-corrected chi connectivity index (χ4v) is 5.51. The third kappa shape index (κ3) is 5.99. The number of hydrogen-bond donors (Lipinski definition) is 1. The molecule has 2 aromatic carbocycles. The van der Waals surface area contributed by atoms with Gasteiger partial charge in [-0.1, -0.05) is 12.1 Å². The number of methoxy groups -OCH3 is 4. The molecule has 38 heavy (non-hydrogen) atoms. The number of nitrogens with zero attached hydrogens (tertiary/aromatic N) is 2. The lowest BCUT2D eigenvalue weighted by molar-refractivity contribution is -0.129. The maximum atomic E-state index is 13.6. The molecule has 2 aromatic rings. The zero-order valence-electron chi connectivity index (χ0n) is 22.8. The summed E-state index contributed by atoms with van der Waals surface area (Å²) in [5.41, 5.74) is 1.43. The van der Waals surface area contributed by atoms with E-state index >= 15 is 0 Å². The van der Waals surface area contributed by atoms with Crippen LogP contribution in [0.15, 0.2) is 36.4 Å². The lowest BCUT2D eigenvalue weighted by Crippen LogP contribution is -2.48. The summed E-state index contributed by atoms with van der Waals surface area (Å²) in [7, 11) is 6.23. The molecule has 2 amide bonds. The van der Waals surface area contributed by atoms with Gasteiger partial charge in [0.05, 0.1) is 46.1 Å². The maximum Gasteiger partial charge on any atom is 0.227 e. The smallest absolute Gasteiger partial charge is 0.227 e. The van der Waals surface area contributed by atoms with Crippen molar-refractivity contribution in [2.24, 2.45) is 5.92 Å². The molecule has 0 spiro atoms. The van der Waals surface area contributed by atoms with Crippen LogP contribution in [0.2, 0.25) is 0 Å². The van der Waals surface area contributed by atoms with Gasteiger partial charge in [-0.05, 0) is 63.0 Å². The van der Waals surface area contributed by atoms with Crippen LogP contribution in [0.4, 0.5) is 5.69 Å². The molecule has 0 aliphatic carbocycles. The summed E-state index contributed by atoms with van der Waals surface area (Å²) in [6, 6.07) is 10.5. The molecule has 2 heterocycles. The largest absolute Gasteiger partial charge is 0.497 e. The van der Waals surface area contributed by atoms with Gasteiger partial charge < -0.3 is 34.1 Å². The Bertz CT molecular complexity index is 1070. The summed E-state index contributed by atoms with van der Waals surface area (Å²) >= 11 is 0. The Morgan fingerprint density at radius 2 is 1.61 bits per heavy atom. The number of hydrogen-bond acceptors (Lipinski definition) is 7. The van der Waals surface area contributed by atoms with E-state index in [1.807, 2.05) is 24.3 Å². The van der Waals surface area contributed by atoms with Crippen molar-refractivity contribution in [1.29, 1.82) is 0 Å². The minimum absolute atomic E-state index is 0.0443. The van der Waals surface area contributed by atoms with Crippen LogP contribution in [0.3, 0.4) is 0 Å². The first-order valence-electron chi connectivity index (χ1n) is 13.3. The number of benzene rings is 2. The lowest BCUT2D eigenvalue weighted by Gasteiger charge is -2.41. The van der Waals surface area contributed by atoms with Crippen molar-refractivity contribution in [3.63, 3.8) is 0 Å². The number of likely N-dealkylation sites (tertiary alicyclic amines) is 1. The van der Waals surface area contributed by atoms with Crippen LogP contribution < -0.4 is 29.2 Å². The Hall–Kier alpha value is -3.46. The van der Waals surface area contributed by atoms with Gasteiger partial charge in [-0.15, -0.1) is 0 Å². The summed E-state index contributed by atoms with van der Waals surface area (Å²) in [6.07, 6.45) is 4.14. The Balaban J connectivity index is 1.65. The van der Waals surface area contributed by atoms with Crippen LogP contribution in [-0.2, 0) is 9.59 Å². The minimum atomic E-state index is -0.511. The van der Waals surface area contributed by atoms with E-state index in [-0.39, 0.29) is 18.2 Å². The van der Waals surface area contributed by atoms with Crippen molar-refractivity contribution >= 4 is 17.5 Å². The van der Waals surface area contributed by atoms with E-state index in [0.717, 1.165) is 31.6 Å². The fraction of sp³-hybridized carbons (Fsp3) is 0.517. The molecule has 2 aliphatic rings. The Morgan fingerprint density at radius 3 is 2.18 bits per heavy atom. The van der Waals surface area contributed by atoms with Gasteiger partial charge in [-0.25, -0.2) is 0 Å². The van der Waals surface area contributed by atoms with Crippen LogP contribution in [-0.4, -0.2) is 71.3 Å². The predicted molar refractivity (Wildman–Crippen MR) is 145 cm³/mol. The van der Waals surface area contributed by atoms with E-state index in [1.54, 1.807) is 38.4 Å². The number of carbonyl (C=O) groups is 2. The molecule has 9 nitrogen and oxygen atoms in total. The number of ether oxygens (including phenoxy) is 4. The second-order valence-corrected chi connectivity index (χ2v) is 9.70. The monoisotopic (exact) mass is 525 g/mol. The summed E-state index contributed by atoms with van der Waals surface area (Å²) in [6.45, 7) is 3.88. The molecule has 206 valence electrons. The molecule has 0 unspecified atom stereocenters. The van der Waals surface area contributed by atoms with Gasteiger partial charge in [-0.2, -0.15) is 0 Å². The molecule has 0 radical (unpaired) electrons. The van der Waals surface area contributed by atoms with Crippen LogP contribution >= 0.6 is 0 Å². The highest BCUT2D eigenvalue weighted by Gasteiger charge is 2.42. The molecular weight excluding hydrogens is 486 g/mol. The zero-order valence-corrected chi connectivity index (χ0v) is 22.8. The normalized spacial score (nSPS) is 19.8. The minimum Gasteiger partial charge on any atom is -0.497 e. The molecule has 0 saturated carbocycles. The summed E-state index contributed by atoms with van der Waals surface area (Å²) < 4.78 is 21.9. The summed E-state index contributed by atoms with van der Waals surface area (Å²) in [5.74, 6) is 1.49. The highest BCUT2D eigenvalue weighted by molar-refractivity contribution is 5.98. The number of carbonyl (C=O) groups excluding carboxylic acids is 2. The predicted octanol–water partition coefficient (Wildman–Crippen LogP) is 3.81. The Labute approximate surface area is 225 Å². The maximum absolute atomic E-state index is 13.6. The van der Waals surface area contributed by atoms with Gasteiger partial charge in [0.2, 0.25) is 17.6 Å². The van der Waals surface area contributed by atoms with E-state index in [4.69, 9.17) is 18.9 Å². The molecule has 2 saturated heterocycles. The van der Waals surface area contributed by atoms with Crippen molar-refractivity contribution in [2.45, 2.75) is 38.1 Å². The first-order valence-corrected chi connectivity index (χ1v) is 13.3. The van der Waals surface area contributed by atoms with E-state index < -0.39 is 12.0 Å². The number of piperidine rings is 1. The summed E-state index contributed by atoms with van der Waals surface area (Å²) in [4.78, 5) is 31.2. The van der Waals surface area contributed by atoms with Crippen molar-refractivity contribution in [3.05, 3.63) is 42.0 Å². The fourth-order valence-electron chi connectivity index (χ4n) is 5.51. The van der Waals surface area contributed by atoms with E-state index in [1.165, 1.54) is 20.0 Å². The standard InChI is InChI=1S/C29H39N3O6/c1-35-22-10-8-20(9-11-22)27-23(29(34)30-14-7-17-31-15-5-6-16-31)12-13-26(33)32(27)21-18-24(36-2)28(38-4)25(19-21)37-3/h8-11,18-19,23,27H,5-7,12-17H2,1-4H3,(H,30,34)/t23-,27+/m0/s1. The third-order valence-corrected chi connectivity index (χ3v) is 7.47. The molecule has 0 aromatic heterocycles. The Morgan fingerprint density at radius 1 is 0.947 bits per heavy atom. The Kier molecular flexibility index (Phi) is 9.33. The van der Waals surface area contributed by atoms with Crippen molar-refractivity contribution in [2.75, 3.05) is 59.5 Å². The number of rotatable bonds is 11. The van der Waals surface area contributed by atoms with Gasteiger partial charge in [0.15, 0.2) is 11.5 Å². The van der Waals surface area contributed by atoms with Crippen LogP contribution in [0.5, 0.6) is 23.0 Å². The lowest BCUT2D eigenvalue weighted by atomic mass is 9.83. The second kappa shape index (κ2) is 12.9. The molecule has 0 bridgehead atoms. The van der Waals surface area contributed by atoms with E-state index in [0.29, 0.717) is 41.7 Å². The number of amides is 2. The van der Waals surface area contributed by atoms with Crippen molar-refractivity contribution in [1.82, 2.24) is 10.2 Å². The highest BCUT2D eigenvalue weighted by atomic mass is 16.5. The van der Waals surface area contributed by atoms with Crippen LogP contribution in [0, 0.1) is 5.92 Å². The number of anilines is 1. The first-order chi connectivity index (χ1) is 18.5. The van der Waals surface area contributed by atoms with Crippen LogP contribution in [0.1, 0.15) is 43.7 Å². The topological polar surface area (TPSA) is 89.6 Å². The van der Waals surface area contributed by atoms with Crippen molar-refractivity contribution < 1.29 is 28.5 Å². The van der Waals surface area contributed by atoms with Gasteiger partial charge in [0, 0.05) is 25.1 Å². The molecule has 2 fully saturated rings. The van der Waals surface area contributed by atoms with Crippen LogP contribution in [0.25, 0.3) is 0 Å². The van der Waals surface area contributed by atoms with Gasteiger partial charge in [0.25, 0.3) is 0 Å². The van der Waals surface area contributed by atoms with E-state index in [2.05, 4.69) is 10.2 Å². The molecule has 2 aliphatic heterocycles. The summed E-state index contributed by atoms with van der Waals surface area (Å²) in [5, 5.41) is 3.15. The molecule has 1 N–H and O–H groups in total. The SMILES string of the molecule is COc1ccc([C@@H]2[C@@H](C(=O)NCCCN3CCCC3)CCC(=O)N2c2cc(OC)c(OC)c(OC)c2)cc1. The zero-order chi connectivity index (χ0) is 27.1. The first kappa shape index (κ1) is 27.6. The van der Waals surface area contributed by atoms with Crippen molar-refractivity contribution in [3.8, 4) is 23.0 Å². The third-order valence-electron chi connectivity index (χ3n) is 7.47. The quantitative estimate of drug-likeness (QED) is 0.446. The van der Waals surface area contributed by atoms with Gasteiger partial charge >= 0.3 is 0 Å². The number of nitrogens with one attached hydrogen (secondary N) is 1. The van der Waals surface area contributed by atoms with Gasteiger partial charge in [-0.3, -0.25) is 9.59 Å².